The zero-order valence-electron chi connectivity index (χ0n) is 6.82. The van der Waals surface area contributed by atoms with E-state index in [1.807, 2.05) is 6.92 Å². The molecular weight excluding hydrogens is 239 g/mol. The molecule has 3 heteroatoms. The van der Waals surface area contributed by atoms with Gasteiger partial charge in [-0.1, -0.05) is 11.6 Å². The van der Waals surface area contributed by atoms with Crippen LogP contribution in [0.5, 0.6) is 0 Å². The van der Waals surface area contributed by atoms with Gasteiger partial charge in [0.25, 0.3) is 0 Å². The highest BCUT2D eigenvalue weighted by atomic mass is 79.9. The average molecular weight is 248 g/mol. The third-order valence-corrected chi connectivity index (χ3v) is 3.09. The normalized spacial score (nSPS) is 10.0. The molecule has 0 radical (unpaired) electrons. The van der Waals surface area contributed by atoms with Crippen molar-refractivity contribution in [3.8, 4) is 0 Å². The fourth-order valence-electron chi connectivity index (χ4n) is 1.03. The lowest BCUT2D eigenvalue weighted by molar-refractivity contribution is 0.101. The van der Waals surface area contributed by atoms with Gasteiger partial charge in [-0.2, -0.15) is 0 Å². The Morgan fingerprint density at radius 2 is 2.08 bits per heavy atom. The Bertz CT molecular complexity index is 334. The van der Waals surface area contributed by atoms with Gasteiger partial charge in [-0.15, -0.1) is 0 Å². The van der Waals surface area contributed by atoms with Crippen LogP contribution in [0, 0.1) is 6.92 Å². The molecule has 0 unspecified atom stereocenters. The van der Waals surface area contributed by atoms with Crippen LogP contribution in [0.1, 0.15) is 22.8 Å². The van der Waals surface area contributed by atoms with Gasteiger partial charge in [0, 0.05) is 10.0 Å². The Balaban J connectivity index is 3.36. The van der Waals surface area contributed by atoms with Gasteiger partial charge in [-0.3, -0.25) is 4.79 Å². The zero-order chi connectivity index (χ0) is 9.30. The SMILES string of the molecule is CC(=O)c1ccc(Br)c(Cl)c1C. The van der Waals surface area contributed by atoms with Crippen LogP contribution in [-0.2, 0) is 0 Å². The molecule has 0 saturated carbocycles. The monoisotopic (exact) mass is 246 g/mol. The lowest BCUT2D eigenvalue weighted by atomic mass is 10.1. The highest BCUT2D eigenvalue weighted by molar-refractivity contribution is 9.10. The maximum absolute atomic E-state index is 11.1. The Morgan fingerprint density at radius 3 is 2.58 bits per heavy atom. The van der Waals surface area contributed by atoms with E-state index in [9.17, 15) is 4.79 Å². The van der Waals surface area contributed by atoms with E-state index in [1.54, 1.807) is 12.1 Å². The second-order valence-corrected chi connectivity index (χ2v) is 3.82. The van der Waals surface area contributed by atoms with Crippen LogP contribution in [-0.4, -0.2) is 5.78 Å². The molecule has 0 spiro atoms. The number of rotatable bonds is 1. The number of halogens is 2. The summed E-state index contributed by atoms with van der Waals surface area (Å²) < 4.78 is 0.826. The van der Waals surface area contributed by atoms with Gasteiger partial charge >= 0.3 is 0 Å². The van der Waals surface area contributed by atoms with Crippen LogP contribution in [0.3, 0.4) is 0 Å². The van der Waals surface area contributed by atoms with Crippen LogP contribution < -0.4 is 0 Å². The van der Waals surface area contributed by atoms with Crippen molar-refractivity contribution in [3.63, 3.8) is 0 Å². The van der Waals surface area contributed by atoms with Gasteiger partial charge in [-0.25, -0.2) is 0 Å². The average Bonchev–Trinajstić information content (AvgIpc) is 2.00. The molecule has 0 atom stereocenters. The molecule has 0 fully saturated rings. The molecule has 0 heterocycles. The van der Waals surface area contributed by atoms with Crippen molar-refractivity contribution in [1.82, 2.24) is 0 Å². The van der Waals surface area contributed by atoms with E-state index >= 15 is 0 Å². The van der Waals surface area contributed by atoms with Crippen LogP contribution in [0.25, 0.3) is 0 Å². The summed E-state index contributed by atoms with van der Waals surface area (Å²) in [5.74, 6) is 0.0434. The third-order valence-electron chi connectivity index (χ3n) is 1.72. The number of Topliss-reactive ketones (excluding diaryl/α,β-unsaturated/α-hetero) is 1. The molecule has 0 bridgehead atoms. The van der Waals surface area contributed by atoms with Gasteiger partial charge in [0.05, 0.1) is 5.02 Å². The number of carbonyl (C=O) groups is 1. The van der Waals surface area contributed by atoms with Crippen molar-refractivity contribution in [2.24, 2.45) is 0 Å². The number of ketones is 1. The molecule has 12 heavy (non-hydrogen) atoms. The summed E-state index contributed by atoms with van der Waals surface area (Å²) in [5, 5.41) is 0.614. The minimum Gasteiger partial charge on any atom is -0.295 e. The van der Waals surface area contributed by atoms with Crippen LogP contribution in [0.15, 0.2) is 16.6 Å². The fraction of sp³-hybridized carbons (Fsp3) is 0.222. The quantitative estimate of drug-likeness (QED) is 0.693. The van der Waals surface area contributed by atoms with E-state index in [0.29, 0.717) is 10.6 Å². The highest BCUT2D eigenvalue weighted by Gasteiger charge is 2.08. The lowest BCUT2D eigenvalue weighted by Crippen LogP contribution is -1.96. The predicted octanol–water partition coefficient (Wildman–Crippen LogP) is 3.61. The molecule has 1 nitrogen and oxygen atoms in total. The van der Waals surface area contributed by atoms with Crippen molar-refractivity contribution in [2.45, 2.75) is 13.8 Å². The standard InChI is InChI=1S/C9H8BrClO/c1-5-7(6(2)12)3-4-8(10)9(5)11/h3-4H,1-2H3. The Kier molecular flexibility index (Phi) is 2.91. The fourth-order valence-corrected chi connectivity index (χ4v) is 1.63. The zero-order valence-corrected chi connectivity index (χ0v) is 9.16. The largest absolute Gasteiger partial charge is 0.295 e. The summed E-state index contributed by atoms with van der Waals surface area (Å²) in [5.41, 5.74) is 1.52. The summed E-state index contributed by atoms with van der Waals surface area (Å²) in [7, 11) is 0. The molecule has 1 aromatic carbocycles. The van der Waals surface area contributed by atoms with E-state index in [2.05, 4.69) is 15.9 Å². The minimum absolute atomic E-state index is 0.0434. The maximum atomic E-state index is 11.1. The second-order valence-electron chi connectivity index (χ2n) is 2.59. The van der Waals surface area contributed by atoms with E-state index in [4.69, 9.17) is 11.6 Å². The number of carbonyl (C=O) groups excluding carboxylic acids is 1. The molecule has 0 aromatic heterocycles. The van der Waals surface area contributed by atoms with Crippen molar-refractivity contribution >= 4 is 33.3 Å². The first kappa shape index (κ1) is 9.75. The molecule has 0 aliphatic heterocycles. The van der Waals surface area contributed by atoms with Gasteiger partial charge in [0.15, 0.2) is 5.78 Å². The van der Waals surface area contributed by atoms with Gasteiger partial charge in [0.1, 0.15) is 0 Å². The Morgan fingerprint density at radius 1 is 1.50 bits per heavy atom. The summed E-state index contributed by atoms with van der Waals surface area (Å²) in [6.45, 7) is 3.37. The molecule has 0 aliphatic carbocycles. The van der Waals surface area contributed by atoms with Crippen LogP contribution in [0.2, 0.25) is 5.02 Å². The van der Waals surface area contributed by atoms with Crippen molar-refractivity contribution < 1.29 is 4.79 Å². The first-order valence-electron chi connectivity index (χ1n) is 3.49. The molecule has 0 aliphatic rings. The molecule has 64 valence electrons. The molecule has 0 amide bonds. The highest BCUT2D eigenvalue weighted by Crippen LogP contribution is 2.28. The number of benzene rings is 1. The second kappa shape index (κ2) is 3.58. The van der Waals surface area contributed by atoms with E-state index in [0.717, 1.165) is 10.0 Å². The van der Waals surface area contributed by atoms with E-state index < -0.39 is 0 Å². The number of hydrogen-bond acceptors (Lipinski definition) is 1. The minimum atomic E-state index is 0.0434. The van der Waals surface area contributed by atoms with Crippen LogP contribution >= 0.6 is 27.5 Å². The molecule has 0 saturated heterocycles. The van der Waals surface area contributed by atoms with E-state index in [-0.39, 0.29) is 5.78 Å². The van der Waals surface area contributed by atoms with Crippen LogP contribution in [0.4, 0.5) is 0 Å². The summed E-state index contributed by atoms with van der Waals surface area (Å²) >= 11 is 9.21. The first-order valence-corrected chi connectivity index (χ1v) is 4.66. The molecule has 1 rings (SSSR count). The molecule has 1 aromatic rings. The van der Waals surface area contributed by atoms with Crippen molar-refractivity contribution in [1.29, 1.82) is 0 Å². The summed E-state index contributed by atoms with van der Waals surface area (Å²) in [4.78, 5) is 11.1. The maximum Gasteiger partial charge on any atom is 0.160 e. The van der Waals surface area contributed by atoms with Gasteiger partial charge in [-0.05, 0) is 47.5 Å². The van der Waals surface area contributed by atoms with Gasteiger partial charge < -0.3 is 0 Å². The predicted molar refractivity (Wildman–Crippen MR) is 53.9 cm³/mol. The third kappa shape index (κ3) is 1.70. The number of hydrogen-bond donors (Lipinski definition) is 0. The Labute approximate surface area is 84.9 Å². The van der Waals surface area contributed by atoms with Crippen molar-refractivity contribution in [2.75, 3.05) is 0 Å². The summed E-state index contributed by atoms with van der Waals surface area (Å²) in [6.07, 6.45) is 0. The van der Waals surface area contributed by atoms with E-state index in [1.165, 1.54) is 6.92 Å². The molecule has 0 N–H and O–H groups in total. The Hall–Kier alpha value is -0.340. The summed E-state index contributed by atoms with van der Waals surface area (Å²) in [6, 6.07) is 3.56. The smallest absolute Gasteiger partial charge is 0.160 e. The lowest BCUT2D eigenvalue weighted by Gasteiger charge is -2.04. The molecular formula is C9H8BrClO. The first-order chi connectivity index (χ1) is 5.54. The van der Waals surface area contributed by atoms with Gasteiger partial charge in [0.2, 0.25) is 0 Å². The topological polar surface area (TPSA) is 17.1 Å². The van der Waals surface area contributed by atoms with Crippen molar-refractivity contribution in [3.05, 3.63) is 32.8 Å².